The molecule has 1 amide bonds. The van der Waals surface area contributed by atoms with Crippen LogP contribution in [0.25, 0.3) is 6.08 Å². The average molecular weight is 435 g/mol. The number of hydrogen-bond acceptors (Lipinski definition) is 4. The molecule has 0 bridgehead atoms. The topological polar surface area (TPSA) is 76.1 Å². The summed E-state index contributed by atoms with van der Waals surface area (Å²) in [6.07, 6.45) is 6.23. The predicted octanol–water partition coefficient (Wildman–Crippen LogP) is 4.55. The van der Waals surface area contributed by atoms with E-state index >= 15 is 0 Å². The summed E-state index contributed by atoms with van der Waals surface area (Å²) in [5.41, 5.74) is 2.66. The zero-order chi connectivity index (χ0) is 22.3. The number of carbonyl (C=O) groups is 1. The van der Waals surface area contributed by atoms with E-state index in [1.54, 1.807) is 54.7 Å². The van der Waals surface area contributed by atoms with Crippen molar-refractivity contribution >= 4 is 21.8 Å². The van der Waals surface area contributed by atoms with Gasteiger partial charge in [-0.25, -0.2) is 8.42 Å². The minimum absolute atomic E-state index is 0.0572. The number of hydrogen-bond donors (Lipinski definition) is 1. The van der Waals surface area contributed by atoms with Crippen LogP contribution in [0.5, 0.6) is 0 Å². The van der Waals surface area contributed by atoms with Gasteiger partial charge in [-0.15, -0.1) is 0 Å². The molecule has 3 rings (SSSR count). The number of nitrogens with zero attached hydrogens (tertiary/aromatic N) is 1. The summed E-state index contributed by atoms with van der Waals surface area (Å²) >= 11 is 0. The summed E-state index contributed by atoms with van der Waals surface area (Å²) in [5.74, 6) is 0.0855. The Balaban J connectivity index is 1.74. The zero-order valence-electron chi connectivity index (χ0n) is 17.6. The number of aromatic nitrogens is 1. The van der Waals surface area contributed by atoms with Crippen LogP contribution in [0, 0.1) is 0 Å². The van der Waals surface area contributed by atoms with Gasteiger partial charge in [0.05, 0.1) is 4.90 Å². The highest BCUT2D eigenvalue weighted by molar-refractivity contribution is 7.91. The maximum atomic E-state index is 13.2. The number of nitrogens with one attached hydrogen (secondary N) is 1. The molecule has 1 aromatic heterocycles. The van der Waals surface area contributed by atoms with Crippen molar-refractivity contribution in [3.63, 3.8) is 0 Å². The van der Waals surface area contributed by atoms with Gasteiger partial charge in [0.15, 0.2) is 9.84 Å². The fourth-order valence-electron chi connectivity index (χ4n) is 3.16. The van der Waals surface area contributed by atoms with E-state index in [4.69, 9.17) is 0 Å². The van der Waals surface area contributed by atoms with Gasteiger partial charge in [0.2, 0.25) is 5.91 Å². The number of pyridine rings is 1. The molecule has 1 unspecified atom stereocenters. The molecule has 6 heteroatoms. The van der Waals surface area contributed by atoms with E-state index in [1.165, 1.54) is 17.8 Å². The van der Waals surface area contributed by atoms with E-state index in [9.17, 15) is 13.2 Å². The van der Waals surface area contributed by atoms with Crippen LogP contribution >= 0.6 is 0 Å². The molecule has 1 heterocycles. The molecule has 0 saturated heterocycles. The minimum Gasteiger partial charge on any atom is -0.351 e. The van der Waals surface area contributed by atoms with Gasteiger partial charge in [0.25, 0.3) is 0 Å². The number of carbonyl (C=O) groups excluding carboxylic acids is 1. The van der Waals surface area contributed by atoms with Crippen molar-refractivity contribution in [1.29, 1.82) is 0 Å². The number of benzene rings is 2. The number of amides is 1. The maximum Gasteiger partial charge on any atom is 0.244 e. The quantitative estimate of drug-likeness (QED) is 0.528. The third kappa shape index (κ3) is 5.89. The van der Waals surface area contributed by atoms with Crippen molar-refractivity contribution in [2.45, 2.75) is 29.9 Å². The molecular weight excluding hydrogens is 408 g/mol. The third-order valence-electron chi connectivity index (χ3n) is 4.99. The lowest BCUT2D eigenvalue weighted by atomic mass is 10.0. The second kappa shape index (κ2) is 10.2. The van der Waals surface area contributed by atoms with Gasteiger partial charge in [-0.05, 0) is 46.9 Å². The van der Waals surface area contributed by atoms with Gasteiger partial charge in [0.1, 0.15) is 5.25 Å². The predicted molar refractivity (Wildman–Crippen MR) is 123 cm³/mol. The SMILES string of the molecule is CC(C)c1ccc(/C=C/C(=O)NCC(c2cccnc2)S(=O)(=O)c2ccccc2)cc1. The summed E-state index contributed by atoms with van der Waals surface area (Å²) in [5, 5.41) is 1.79. The fraction of sp³-hybridized carbons (Fsp3) is 0.200. The third-order valence-corrected chi connectivity index (χ3v) is 7.11. The molecule has 0 saturated carbocycles. The van der Waals surface area contributed by atoms with Crippen LogP contribution in [0.4, 0.5) is 0 Å². The van der Waals surface area contributed by atoms with E-state index < -0.39 is 15.1 Å². The van der Waals surface area contributed by atoms with E-state index in [1.807, 2.05) is 24.3 Å². The van der Waals surface area contributed by atoms with Gasteiger partial charge >= 0.3 is 0 Å². The Kier molecular flexibility index (Phi) is 7.36. The lowest BCUT2D eigenvalue weighted by Crippen LogP contribution is -2.31. The molecule has 0 radical (unpaired) electrons. The Morgan fingerprint density at radius 2 is 1.68 bits per heavy atom. The number of rotatable bonds is 8. The highest BCUT2D eigenvalue weighted by atomic mass is 32.2. The average Bonchev–Trinajstić information content (AvgIpc) is 2.79. The Hall–Kier alpha value is -3.25. The van der Waals surface area contributed by atoms with Gasteiger partial charge in [0, 0.05) is 25.0 Å². The van der Waals surface area contributed by atoms with Crippen molar-refractivity contribution in [1.82, 2.24) is 10.3 Å². The van der Waals surface area contributed by atoms with Crippen LogP contribution in [0.3, 0.4) is 0 Å². The zero-order valence-corrected chi connectivity index (χ0v) is 18.4. The minimum atomic E-state index is -3.71. The van der Waals surface area contributed by atoms with Gasteiger partial charge in [-0.3, -0.25) is 9.78 Å². The van der Waals surface area contributed by atoms with E-state index in [2.05, 4.69) is 24.1 Å². The molecule has 2 aromatic carbocycles. The standard InChI is InChI=1S/C25H26N2O3S/c1-19(2)21-13-10-20(11-14-21)12-15-25(28)27-18-24(22-7-6-16-26-17-22)31(29,30)23-8-4-3-5-9-23/h3-17,19,24H,18H2,1-2H3,(H,27,28)/b15-12+. The van der Waals surface area contributed by atoms with E-state index in [0.29, 0.717) is 11.5 Å². The Morgan fingerprint density at radius 1 is 0.968 bits per heavy atom. The highest BCUT2D eigenvalue weighted by Gasteiger charge is 2.29. The van der Waals surface area contributed by atoms with Crippen molar-refractivity contribution in [3.05, 3.63) is 102 Å². The Labute approximate surface area is 183 Å². The molecule has 31 heavy (non-hydrogen) atoms. The summed E-state index contributed by atoms with van der Waals surface area (Å²) in [6.45, 7) is 4.19. The molecule has 1 N–H and O–H groups in total. The molecule has 160 valence electrons. The summed E-state index contributed by atoms with van der Waals surface area (Å²) < 4.78 is 26.4. The van der Waals surface area contributed by atoms with E-state index in [0.717, 1.165) is 5.56 Å². The first-order chi connectivity index (χ1) is 14.9. The van der Waals surface area contributed by atoms with Crippen LogP contribution < -0.4 is 5.32 Å². The van der Waals surface area contributed by atoms with Crippen molar-refractivity contribution < 1.29 is 13.2 Å². The summed E-state index contributed by atoms with van der Waals surface area (Å²) in [4.78, 5) is 16.6. The largest absolute Gasteiger partial charge is 0.351 e. The van der Waals surface area contributed by atoms with E-state index in [-0.39, 0.29) is 17.3 Å². The first-order valence-corrected chi connectivity index (χ1v) is 11.7. The molecule has 0 aliphatic carbocycles. The molecule has 3 aromatic rings. The first kappa shape index (κ1) is 22.4. The van der Waals surface area contributed by atoms with Crippen molar-refractivity contribution in [2.75, 3.05) is 6.54 Å². The lowest BCUT2D eigenvalue weighted by Gasteiger charge is -2.18. The molecule has 0 fully saturated rings. The number of sulfone groups is 1. The molecule has 5 nitrogen and oxygen atoms in total. The second-order valence-corrected chi connectivity index (χ2v) is 9.66. The highest BCUT2D eigenvalue weighted by Crippen LogP contribution is 2.28. The summed E-state index contributed by atoms with van der Waals surface area (Å²) in [6, 6.07) is 19.6. The Morgan fingerprint density at radius 3 is 2.29 bits per heavy atom. The monoisotopic (exact) mass is 434 g/mol. The van der Waals surface area contributed by atoms with Gasteiger partial charge in [-0.2, -0.15) is 0 Å². The van der Waals surface area contributed by atoms with Crippen LogP contribution in [-0.2, 0) is 14.6 Å². The molecule has 0 aliphatic heterocycles. The van der Waals surface area contributed by atoms with Crippen molar-refractivity contribution in [2.24, 2.45) is 0 Å². The fourth-order valence-corrected chi connectivity index (χ4v) is 4.83. The van der Waals surface area contributed by atoms with Crippen LogP contribution in [0.2, 0.25) is 0 Å². The Bertz CT molecular complexity index is 1120. The molecule has 1 atom stereocenters. The van der Waals surface area contributed by atoms with Gasteiger partial charge < -0.3 is 5.32 Å². The maximum absolute atomic E-state index is 13.2. The van der Waals surface area contributed by atoms with Crippen LogP contribution in [0.1, 0.15) is 41.7 Å². The second-order valence-electron chi connectivity index (χ2n) is 7.53. The molecule has 0 spiro atoms. The molecule has 0 aliphatic rings. The van der Waals surface area contributed by atoms with Gasteiger partial charge in [-0.1, -0.05) is 62.4 Å². The van der Waals surface area contributed by atoms with Crippen LogP contribution in [-0.4, -0.2) is 25.9 Å². The molecular formula is C25H26N2O3S. The summed E-state index contributed by atoms with van der Waals surface area (Å²) in [7, 11) is -3.71. The smallest absolute Gasteiger partial charge is 0.244 e. The van der Waals surface area contributed by atoms with Crippen molar-refractivity contribution in [3.8, 4) is 0 Å². The van der Waals surface area contributed by atoms with Crippen LogP contribution in [0.15, 0.2) is 90.1 Å². The lowest BCUT2D eigenvalue weighted by molar-refractivity contribution is -0.116. The normalized spacial score (nSPS) is 12.7. The first-order valence-electron chi connectivity index (χ1n) is 10.1.